The van der Waals surface area contributed by atoms with E-state index >= 15 is 0 Å². The highest BCUT2D eigenvalue weighted by atomic mass is 16.2. The molecule has 2 aliphatic rings. The molecule has 0 radical (unpaired) electrons. The second kappa shape index (κ2) is 9.68. The average molecular weight is 386 g/mol. The third-order valence-electron chi connectivity index (χ3n) is 5.48. The average Bonchev–Trinajstić information content (AvgIpc) is 3.11. The van der Waals surface area contributed by atoms with Crippen LogP contribution in [0.5, 0.6) is 0 Å². The van der Waals surface area contributed by atoms with E-state index in [9.17, 15) is 14.4 Å². The SMILES string of the molecule is CC(=O)c1ccc(N2CCN(CC(=O)NCCCN3CCCC3=O)CC2)cc1. The predicted octanol–water partition coefficient (Wildman–Crippen LogP) is 1.14. The first-order valence-corrected chi connectivity index (χ1v) is 10.2. The largest absolute Gasteiger partial charge is 0.369 e. The van der Waals surface area contributed by atoms with Crippen LogP contribution in [-0.2, 0) is 9.59 Å². The summed E-state index contributed by atoms with van der Waals surface area (Å²) in [4.78, 5) is 41.4. The van der Waals surface area contributed by atoms with E-state index in [0.29, 0.717) is 19.5 Å². The molecule has 3 rings (SSSR count). The Hall–Kier alpha value is -2.41. The number of piperazine rings is 1. The van der Waals surface area contributed by atoms with Crippen LogP contribution in [-0.4, -0.2) is 79.8 Å². The van der Waals surface area contributed by atoms with Crippen molar-refractivity contribution in [3.63, 3.8) is 0 Å². The van der Waals surface area contributed by atoms with E-state index in [4.69, 9.17) is 0 Å². The van der Waals surface area contributed by atoms with Crippen LogP contribution >= 0.6 is 0 Å². The zero-order valence-corrected chi connectivity index (χ0v) is 16.7. The fraction of sp³-hybridized carbons (Fsp3) is 0.571. The van der Waals surface area contributed by atoms with Crippen molar-refractivity contribution in [3.05, 3.63) is 29.8 Å². The van der Waals surface area contributed by atoms with Crippen molar-refractivity contribution in [1.29, 1.82) is 0 Å². The molecule has 1 N–H and O–H groups in total. The molecule has 0 spiro atoms. The van der Waals surface area contributed by atoms with Crippen LogP contribution in [0.4, 0.5) is 5.69 Å². The first-order chi connectivity index (χ1) is 13.5. The number of anilines is 1. The number of benzene rings is 1. The number of nitrogens with one attached hydrogen (secondary N) is 1. The minimum Gasteiger partial charge on any atom is -0.369 e. The summed E-state index contributed by atoms with van der Waals surface area (Å²) in [5, 5.41) is 2.96. The van der Waals surface area contributed by atoms with Gasteiger partial charge in [-0.25, -0.2) is 0 Å². The lowest BCUT2D eigenvalue weighted by Gasteiger charge is -2.35. The minimum atomic E-state index is 0.0482. The quantitative estimate of drug-likeness (QED) is 0.536. The Morgan fingerprint density at radius 2 is 1.75 bits per heavy atom. The summed E-state index contributed by atoms with van der Waals surface area (Å²) in [6.07, 6.45) is 2.43. The highest BCUT2D eigenvalue weighted by Gasteiger charge is 2.20. The van der Waals surface area contributed by atoms with Gasteiger partial charge < -0.3 is 15.1 Å². The molecule has 1 aromatic carbocycles. The van der Waals surface area contributed by atoms with E-state index < -0.39 is 0 Å². The standard InChI is InChI=1S/C21H30N4O3/c1-17(26)18-5-7-19(8-6-18)24-14-12-23(13-15-24)16-20(27)22-9-3-11-25-10-2-4-21(25)28/h5-8H,2-4,9-16H2,1H3,(H,22,27). The van der Waals surface area contributed by atoms with Crippen molar-refractivity contribution in [3.8, 4) is 0 Å². The summed E-state index contributed by atoms with van der Waals surface area (Å²) >= 11 is 0. The van der Waals surface area contributed by atoms with Crippen LogP contribution in [0.2, 0.25) is 0 Å². The molecular weight excluding hydrogens is 356 g/mol. The van der Waals surface area contributed by atoms with E-state index in [0.717, 1.165) is 63.4 Å². The summed E-state index contributed by atoms with van der Waals surface area (Å²) in [6.45, 7) is 7.60. The van der Waals surface area contributed by atoms with E-state index in [1.165, 1.54) is 0 Å². The number of likely N-dealkylation sites (tertiary alicyclic amines) is 1. The number of carbonyl (C=O) groups excluding carboxylic acids is 3. The van der Waals surface area contributed by atoms with Gasteiger partial charge in [0.1, 0.15) is 0 Å². The fourth-order valence-corrected chi connectivity index (χ4v) is 3.77. The lowest BCUT2D eigenvalue weighted by Crippen LogP contribution is -2.49. The van der Waals surface area contributed by atoms with E-state index in [-0.39, 0.29) is 17.6 Å². The number of amides is 2. The van der Waals surface area contributed by atoms with Gasteiger partial charge in [-0.05, 0) is 44.0 Å². The van der Waals surface area contributed by atoms with Gasteiger partial charge in [-0.15, -0.1) is 0 Å². The molecule has 0 unspecified atom stereocenters. The Morgan fingerprint density at radius 3 is 2.36 bits per heavy atom. The third kappa shape index (κ3) is 5.55. The van der Waals surface area contributed by atoms with Gasteiger partial charge in [-0.1, -0.05) is 0 Å². The van der Waals surface area contributed by atoms with Gasteiger partial charge in [0.15, 0.2) is 5.78 Å². The molecule has 2 fully saturated rings. The molecule has 2 aliphatic heterocycles. The van der Waals surface area contributed by atoms with Gasteiger partial charge in [0.2, 0.25) is 11.8 Å². The van der Waals surface area contributed by atoms with Crippen molar-refractivity contribution < 1.29 is 14.4 Å². The molecule has 0 atom stereocenters. The van der Waals surface area contributed by atoms with Crippen LogP contribution in [0.1, 0.15) is 36.5 Å². The van der Waals surface area contributed by atoms with Gasteiger partial charge >= 0.3 is 0 Å². The van der Waals surface area contributed by atoms with E-state index in [1.54, 1.807) is 6.92 Å². The first-order valence-electron chi connectivity index (χ1n) is 10.2. The maximum atomic E-state index is 12.1. The van der Waals surface area contributed by atoms with Crippen molar-refractivity contribution >= 4 is 23.3 Å². The Morgan fingerprint density at radius 1 is 1.04 bits per heavy atom. The van der Waals surface area contributed by atoms with Crippen LogP contribution < -0.4 is 10.2 Å². The molecule has 0 aliphatic carbocycles. The smallest absolute Gasteiger partial charge is 0.234 e. The number of nitrogens with zero attached hydrogens (tertiary/aromatic N) is 3. The summed E-state index contributed by atoms with van der Waals surface area (Å²) in [7, 11) is 0. The minimum absolute atomic E-state index is 0.0482. The van der Waals surface area contributed by atoms with Crippen LogP contribution in [0, 0.1) is 0 Å². The molecule has 2 saturated heterocycles. The van der Waals surface area contributed by atoms with E-state index in [1.807, 2.05) is 29.2 Å². The molecule has 1 aromatic rings. The molecule has 152 valence electrons. The van der Waals surface area contributed by atoms with Gasteiger partial charge in [0.05, 0.1) is 6.54 Å². The number of hydrogen-bond acceptors (Lipinski definition) is 5. The Kier molecular flexibility index (Phi) is 7.03. The van der Waals surface area contributed by atoms with Crippen LogP contribution in [0.25, 0.3) is 0 Å². The van der Waals surface area contributed by atoms with Crippen molar-refractivity contribution in [2.75, 3.05) is 57.3 Å². The topological polar surface area (TPSA) is 73.0 Å². The van der Waals surface area contributed by atoms with Crippen molar-refractivity contribution in [2.24, 2.45) is 0 Å². The molecule has 0 bridgehead atoms. The molecule has 7 heteroatoms. The highest BCUT2D eigenvalue weighted by molar-refractivity contribution is 5.94. The number of Topliss-reactive ketones (excluding diaryl/α,β-unsaturated/α-hetero) is 1. The molecule has 28 heavy (non-hydrogen) atoms. The van der Waals surface area contributed by atoms with Crippen molar-refractivity contribution in [1.82, 2.24) is 15.1 Å². The second-order valence-corrected chi connectivity index (χ2v) is 7.55. The Balaban J connectivity index is 1.32. The molecule has 0 aromatic heterocycles. The zero-order chi connectivity index (χ0) is 19.9. The predicted molar refractivity (Wildman–Crippen MR) is 109 cm³/mol. The lowest BCUT2D eigenvalue weighted by atomic mass is 10.1. The van der Waals surface area contributed by atoms with Crippen molar-refractivity contribution in [2.45, 2.75) is 26.2 Å². The normalized spacial score (nSPS) is 17.8. The van der Waals surface area contributed by atoms with Crippen LogP contribution in [0.15, 0.2) is 24.3 Å². The Labute approximate surface area is 166 Å². The lowest BCUT2D eigenvalue weighted by molar-refractivity contribution is -0.127. The maximum Gasteiger partial charge on any atom is 0.234 e. The molecule has 7 nitrogen and oxygen atoms in total. The summed E-state index contributed by atoms with van der Waals surface area (Å²) in [5.74, 6) is 0.363. The summed E-state index contributed by atoms with van der Waals surface area (Å²) in [6, 6.07) is 7.72. The number of rotatable bonds is 8. The fourth-order valence-electron chi connectivity index (χ4n) is 3.77. The van der Waals surface area contributed by atoms with Gasteiger partial charge in [-0.2, -0.15) is 0 Å². The monoisotopic (exact) mass is 386 g/mol. The highest BCUT2D eigenvalue weighted by Crippen LogP contribution is 2.17. The molecule has 0 saturated carbocycles. The van der Waals surface area contributed by atoms with Gasteiger partial charge in [0.25, 0.3) is 0 Å². The first kappa shape index (κ1) is 20.3. The molecule has 2 amide bonds. The van der Waals surface area contributed by atoms with Gasteiger partial charge in [-0.3, -0.25) is 19.3 Å². The van der Waals surface area contributed by atoms with Crippen LogP contribution in [0.3, 0.4) is 0 Å². The number of hydrogen-bond donors (Lipinski definition) is 1. The number of ketones is 1. The number of carbonyl (C=O) groups is 3. The molecule has 2 heterocycles. The Bertz CT molecular complexity index is 696. The molecular formula is C21H30N4O3. The van der Waals surface area contributed by atoms with Gasteiger partial charge in [0, 0.05) is 63.5 Å². The maximum absolute atomic E-state index is 12.1. The van der Waals surface area contributed by atoms with E-state index in [2.05, 4.69) is 15.1 Å². The zero-order valence-electron chi connectivity index (χ0n) is 16.7. The summed E-state index contributed by atoms with van der Waals surface area (Å²) < 4.78 is 0. The third-order valence-corrected chi connectivity index (χ3v) is 5.48. The summed E-state index contributed by atoms with van der Waals surface area (Å²) in [5.41, 5.74) is 1.85. The second-order valence-electron chi connectivity index (χ2n) is 7.55.